The molecule has 0 bridgehead atoms. The van der Waals surface area contributed by atoms with Crippen LogP contribution in [-0.2, 0) is 17.8 Å². The van der Waals surface area contributed by atoms with Crippen LogP contribution >= 0.6 is 0 Å². The van der Waals surface area contributed by atoms with E-state index in [1.807, 2.05) is 0 Å². The number of ether oxygens (including phenoxy) is 2. The predicted octanol–water partition coefficient (Wildman–Crippen LogP) is 0.742. The van der Waals surface area contributed by atoms with Crippen LogP contribution in [0.2, 0.25) is 0 Å². The molecular weight excluding hydrogens is 324 g/mol. The van der Waals surface area contributed by atoms with E-state index in [2.05, 4.69) is 15.5 Å². The fourth-order valence-electron chi connectivity index (χ4n) is 2.74. The highest BCUT2D eigenvalue weighted by atomic mass is 16.5. The van der Waals surface area contributed by atoms with Crippen molar-refractivity contribution in [2.45, 2.75) is 13.0 Å². The average Bonchev–Trinajstić information content (AvgIpc) is 3.08. The molecule has 8 heteroatoms. The van der Waals surface area contributed by atoms with Gasteiger partial charge in [-0.25, -0.2) is 0 Å². The number of fused-ring (bicyclic) bond motifs is 1. The van der Waals surface area contributed by atoms with Gasteiger partial charge in [-0.2, -0.15) is 5.10 Å². The van der Waals surface area contributed by atoms with Gasteiger partial charge in [-0.15, -0.1) is 0 Å². The maximum Gasteiger partial charge on any atom is 0.271 e. The van der Waals surface area contributed by atoms with E-state index in [4.69, 9.17) is 9.47 Å². The van der Waals surface area contributed by atoms with Gasteiger partial charge in [0.2, 0.25) is 0 Å². The molecule has 132 valence electrons. The second-order valence-electron chi connectivity index (χ2n) is 5.64. The van der Waals surface area contributed by atoms with Crippen LogP contribution in [0.3, 0.4) is 0 Å². The Bertz CT molecular complexity index is 787. The number of nitrogens with zero attached hydrogens (tertiary/aromatic N) is 2. The third-order valence-corrected chi connectivity index (χ3v) is 4.13. The lowest BCUT2D eigenvalue weighted by Crippen LogP contribution is -2.39. The first-order valence-electron chi connectivity index (χ1n) is 7.95. The number of carbonyl (C=O) groups is 2. The van der Waals surface area contributed by atoms with Crippen LogP contribution in [0, 0.1) is 0 Å². The van der Waals surface area contributed by atoms with E-state index in [-0.39, 0.29) is 18.4 Å². The van der Waals surface area contributed by atoms with Gasteiger partial charge in [0.15, 0.2) is 12.3 Å². The number of H-pyrrole nitrogens is 1. The van der Waals surface area contributed by atoms with Crippen LogP contribution < -0.4 is 14.8 Å². The standard InChI is InChI=1S/C17H20N4O4/c1-18-17(23)16-13-9-21(7-6-14(13)19-20-16)15(22)10-25-12-5-3-4-11(8-12)24-2/h3-5,8H,6-7,9-10H2,1-2H3,(H,18,23)(H,19,20). The Morgan fingerprint density at radius 2 is 2.16 bits per heavy atom. The first-order chi connectivity index (χ1) is 12.1. The Kier molecular flexibility index (Phi) is 4.87. The topological polar surface area (TPSA) is 96.6 Å². The summed E-state index contributed by atoms with van der Waals surface area (Å²) in [6.45, 7) is 0.827. The molecule has 8 nitrogen and oxygen atoms in total. The van der Waals surface area contributed by atoms with Gasteiger partial charge in [0.05, 0.1) is 7.11 Å². The van der Waals surface area contributed by atoms with Crippen LogP contribution in [0.15, 0.2) is 24.3 Å². The Balaban J connectivity index is 1.64. The van der Waals surface area contributed by atoms with E-state index in [0.29, 0.717) is 36.7 Å². The van der Waals surface area contributed by atoms with Gasteiger partial charge in [0, 0.05) is 43.9 Å². The Hall–Kier alpha value is -3.03. The first kappa shape index (κ1) is 16.8. The predicted molar refractivity (Wildman–Crippen MR) is 89.6 cm³/mol. The number of amides is 2. The zero-order valence-corrected chi connectivity index (χ0v) is 14.2. The number of aromatic nitrogens is 2. The second kappa shape index (κ2) is 7.25. The lowest BCUT2D eigenvalue weighted by molar-refractivity contribution is -0.134. The van der Waals surface area contributed by atoms with Crippen LogP contribution in [0.5, 0.6) is 11.5 Å². The number of aromatic amines is 1. The van der Waals surface area contributed by atoms with Gasteiger partial charge >= 0.3 is 0 Å². The SMILES string of the molecule is CNC(=O)c1n[nH]c2c1CN(C(=O)COc1cccc(OC)c1)CC2. The first-order valence-corrected chi connectivity index (χ1v) is 7.95. The summed E-state index contributed by atoms with van der Waals surface area (Å²) in [5, 5.41) is 9.49. The summed E-state index contributed by atoms with van der Waals surface area (Å²) in [5.41, 5.74) is 2.00. The van der Waals surface area contributed by atoms with Crippen LogP contribution in [0.4, 0.5) is 0 Å². The van der Waals surface area contributed by atoms with Crippen LogP contribution in [0.25, 0.3) is 0 Å². The minimum atomic E-state index is -0.264. The van der Waals surface area contributed by atoms with Crippen molar-refractivity contribution in [2.75, 3.05) is 27.3 Å². The summed E-state index contributed by atoms with van der Waals surface area (Å²) in [4.78, 5) is 26.0. The van der Waals surface area contributed by atoms with Gasteiger partial charge in [-0.05, 0) is 12.1 Å². The molecular formula is C17H20N4O4. The molecule has 2 amide bonds. The molecule has 0 saturated carbocycles. The summed E-state index contributed by atoms with van der Waals surface area (Å²) in [6.07, 6.45) is 0.629. The normalized spacial score (nSPS) is 13.1. The summed E-state index contributed by atoms with van der Waals surface area (Å²) < 4.78 is 10.7. The largest absolute Gasteiger partial charge is 0.497 e. The Morgan fingerprint density at radius 3 is 2.92 bits per heavy atom. The lowest BCUT2D eigenvalue weighted by Gasteiger charge is -2.27. The number of nitrogens with one attached hydrogen (secondary N) is 2. The van der Waals surface area contributed by atoms with Crippen molar-refractivity contribution in [2.24, 2.45) is 0 Å². The molecule has 25 heavy (non-hydrogen) atoms. The molecule has 0 spiro atoms. The van der Waals surface area contributed by atoms with Crippen molar-refractivity contribution in [1.29, 1.82) is 0 Å². The minimum absolute atomic E-state index is 0.0738. The average molecular weight is 344 g/mol. The number of rotatable bonds is 5. The lowest BCUT2D eigenvalue weighted by atomic mass is 10.0. The number of methoxy groups -OCH3 is 1. The zero-order chi connectivity index (χ0) is 17.8. The van der Waals surface area contributed by atoms with Gasteiger partial charge in [0.1, 0.15) is 11.5 Å². The molecule has 1 aliphatic rings. The molecule has 0 fully saturated rings. The maximum atomic E-state index is 12.4. The fraction of sp³-hybridized carbons (Fsp3) is 0.353. The quantitative estimate of drug-likeness (QED) is 0.834. The van der Waals surface area contributed by atoms with Crippen molar-refractivity contribution in [3.63, 3.8) is 0 Å². The highest BCUT2D eigenvalue weighted by molar-refractivity contribution is 5.94. The van der Waals surface area contributed by atoms with Crippen LogP contribution in [-0.4, -0.2) is 54.2 Å². The van der Waals surface area contributed by atoms with E-state index in [0.717, 1.165) is 11.3 Å². The number of carbonyl (C=O) groups excluding carboxylic acids is 2. The minimum Gasteiger partial charge on any atom is -0.497 e. The molecule has 2 aromatic rings. The number of hydrogen-bond acceptors (Lipinski definition) is 5. The molecule has 2 heterocycles. The molecule has 2 N–H and O–H groups in total. The van der Waals surface area contributed by atoms with Gasteiger partial charge in [0.25, 0.3) is 11.8 Å². The Labute approximate surface area is 145 Å². The monoisotopic (exact) mass is 344 g/mol. The molecule has 1 aromatic heterocycles. The number of hydrogen-bond donors (Lipinski definition) is 2. The highest BCUT2D eigenvalue weighted by Gasteiger charge is 2.27. The van der Waals surface area contributed by atoms with Crippen molar-refractivity contribution in [1.82, 2.24) is 20.4 Å². The van der Waals surface area contributed by atoms with E-state index in [1.54, 1.807) is 43.3 Å². The number of benzene rings is 1. The van der Waals surface area contributed by atoms with Crippen molar-refractivity contribution < 1.29 is 19.1 Å². The fourth-order valence-corrected chi connectivity index (χ4v) is 2.74. The summed E-state index contributed by atoms with van der Waals surface area (Å²) in [5.74, 6) is 0.831. The smallest absolute Gasteiger partial charge is 0.271 e. The molecule has 3 rings (SSSR count). The van der Waals surface area contributed by atoms with E-state index < -0.39 is 0 Å². The van der Waals surface area contributed by atoms with Gasteiger partial charge < -0.3 is 19.7 Å². The van der Waals surface area contributed by atoms with Crippen LogP contribution in [0.1, 0.15) is 21.7 Å². The molecule has 1 aliphatic heterocycles. The van der Waals surface area contributed by atoms with Crippen molar-refractivity contribution in [3.8, 4) is 11.5 Å². The Morgan fingerprint density at radius 1 is 1.36 bits per heavy atom. The molecule has 0 unspecified atom stereocenters. The summed E-state index contributed by atoms with van der Waals surface area (Å²) in [6, 6.07) is 7.10. The molecule has 1 aromatic carbocycles. The highest BCUT2D eigenvalue weighted by Crippen LogP contribution is 2.22. The van der Waals surface area contributed by atoms with Crippen molar-refractivity contribution in [3.05, 3.63) is 41.2 Å². The summed E-state index contributed by atoms with van der Waals surface area (Å²) in [7, 11) is 3.13. The van der Waals surface area contributed by atoms with E-state index >= 15 is 0 Å². The van der Waals surface area contributed by atoms with Gasteiger partial charge in [-0.1, -0.05) is 6.07 Å². The van der Waals surface area contributed by atoms with Gasteiger partial charge in [-0.3, -0.25) is 14.7 Å². The maximum absolute atomic E-state index is 12.4. The molecule has 0 saturated heterocycles. The second-order valence-corrected chi connectivity index (χ2v) is 5.64. The molecule has 0 radical (unpaired) electrons. The summed E-state index contributed by atoms with van der Waals surface area (Å²) >= 11 is 0. The molecule has 0 atom stereocenters. The van der Waals surface area contributed by atoms with Crippen molar-refractivity contribution >= 4 is 11.8 Å². The third kappa shape index (κ3) is 3.57. The van der Waals surface area contributed by atoms with E-state index in [1.165, 1.54) is 0 Å². The third-order valence-electron chi connectivity index (χ3n) is 4.13. The zero-order valence-electron chi connectivity index (χ0n) is 14.2. The molecule has 0 aliphatic carbocycles. The van der Waals surface area contributed by atoms with E-state index in [9.17, 15) is 9.59 Å².